The average molecular weight is 455 g/mol. The van der Waals surface area contributed by atoms with E-state index in [9.17, 15) is 14.0 Å². The molecule has 0 radical (unpaired) electrons. The maximum absolute atomic E-state index is 13.4. The minimum Gasteiger partial charge on any atom is -0.350 e. The van der Waals surface area contributed by atoms with E-state index in [1.165, 1.54) is 17.7 Å². The fourth-order valence-electron chi connectivity index (χ4n) is 3.73. The lowest BCUT2D eigenvalue weighted by molar-refractivity contribution is -0.142. The summed E-state index contributed by atoms with van der Waals surface area (Å²) in [6.07, 6.45) is 1.39. The molecule has 0 aliphatic carbocycles. The van der Waals surface area contributed by atoms with E-state index in [1.807, 2.05) is 27.7 Å². The Morgan fingerprint density at radius 1 is 0.909 bits per heavy atom. The van der Waals surface area contributed by atoms with Crippen molar-refractivity contribution in [3.05, 3.63) is 71.0 Å². The van der Waals surface area contributed by atoms with E-state index in [0.29, 0.717) is 19.3 Å². The predicted molar refractivity (Wildman–Crippen MR) is 132 cm³/mol. The molecule has 0 aliphatic rings. The molecule has 1 unspecified atom stereocenters. The summed E-state index contributed by atoms with van der Waals surface area (Å²) in [6.45, 7) is 14.5. The van der Waals surface area contributed by atoms with Crippen molar-refractivity contribution in [1.29, 1.82) is 0 Å². The highest BCUT2D eigenvalue weighted by molar-refractivity contribution is 5.88. The number of hydrogen-bond acceptors (Lipinski definition) is 2. The van der Waals surface area contributed by atoms with Gasteiger partial charge in [0, 0.05) is 18.5 Å². The summed E-state index contributed by atoms with van der Waals surface area (Å²) in [5.41, 5.74) is 2.81. The molecule has 0 bridgehead atoms. The second-order valence-electron chi connectivity index (χ2n) is 10.8. The number of rotatable bonds is 8. The number of aryl methyl sites for hydroxylation is 1. The van der Waals surface area contributed by atoms with Gasteiger partial charge in [-0.05, 0) is 67.9 Å². The number of carbonyl (C=O) groups excluding carboxylic acids is 2. The smallest absolute Gasteiger partial charge is 0.243 e. The fraction of sp³-hybridized carbons (Fsp3) is 0.500. The highest BCUT2D eigenvalue weighted by Gasteiger charge is 2.30. The lowest BCUT2D eigenvalue weighted by atomic mass is 9.86. The highest BCUT2D eigenvalue weighted by atomic mass is 19.1. The van der Waals surface area contributed by atoms with Crippen LogP contribution in [-0.4, -0.2) is 28.3 Å². The number of nitrogens with one attached hydrogen (secondary N) is 1. The van der Waals surface area contributed by atoms with Crippen molar-refractivity contribution in [2.45, 2.75) is 91.3 Å². The third-order valence-electron chi connectivity index (χ3n) is 5.60. The summed E-state index contributed by atoms with van der Waals surface area (Å²) in [6, 6.07) is 13.9. The van der Waals surface area contributed by atoms with Crippen LogP contribution in [0.2, 0.25) is 0 Å². The van der Waals surface area contributed by atoms with E-state index in [4.69, 9.17) is 0 Å². The molecule has 0 saturated carbocycles. The van der Waals surface area contributed by atoms with Crippen LogP contribution in [0.5, 0.6) is 0 Å². The van der Waals surface area contributed by atoms with Gasteiger partial charge in [-0.25, -0.2) is 4.39 Å². The quantitative estimate of drug-likeness (QED) is 0.550. The number of hydrogen-bond donors (Lipinski definition) is 1. The Balaban J connectivity index is 2.20. The van der Waals surface area contributed by atoms with Gasteiger partial charge in [0.05, 0.1) is 0 Å². The first-order valence-electron chi connectivity index (χ1n) is 11.8. The van der Waals surface area contributed by atoms with Crippen molar-refractivity contribution in [3.63, 3.8) is 0 Å². The summed E-state index contributed by atoms with van der Waals surface area (Å²) in [5.74, 6) is -0.585. The summed E-state index contributed by atoms with van der Waals surface area (Å²) in [7, 11) is 0. The molecule has 1 N–H and O–H groups in total. The largest absolute Gasteiger partial charge is 0.350 e. The van der Waals surface area contributed by atoms with Gasteiger partial charge in [-0.1, -0.05) is 64.1 Å². The third kappa shape index (κ3) is 8.30. The molecule has 0 spiro atoms. The molecule has 0 saturated heterocycles. The topological polar surface area (TPSA) is 49.4 Å². The normalized spacial score (nSPS) is 12.8. The Morgan fingerprint density at radius 2 is 1.45 bits per heavy atom. The summed E-state index contributed by atoms with van der Waals surface area (Å²) in [4.78, 5) is 28.0. The number of carbonyl (C=O) groups is 2. The third-order valence-corrected chi connectivity index (χ3v) is 5.60. The van der Waals surface area contributed by atoms with Crippen molar-refractivity contribution in [2.75, 3.05) is 0 Å². The molecular formula is C28H39FN2O2. The molecule has 4 nitrogen and oxygen atoms in total. The molecular weight excluding hydrogens is 415 g/mol. The van der Waals surface area contributed by atoms with E-state index in [1.54, 1.807) is 17.0 Å². The number of benzene rings is 2. The molecule has 2 amide bonds. The zero-order chi connectivity index (χ0) is 24.8. The van der Waals surface area contributed by atoms with Gasteiger partial charge in [0.1, 0.15) is 11.9 Å². The Labute approximate surface area is 198 Å². The van der Waals surface area contributed by atoms with Gasteiger partial charge in [-0.2, -0.15) is 0 Å². The molecule has 2 aromatic carbocycles. The van der Waals surface area contributed by atoms with Gasteiger partial charge in [0.25, 0.3) is 0 Å². The van der Waals surface area contributed by atoms with Crippen molar-refractivity contribution >= 4 is 11.8 Å². The van der Waals surface area contributed by atoms with Gasteiger partial charge < -0.3 is 10.2 Å². The van der Waals surface area contributed by atoms with E-state index in [0.717, 1.165) is 11.1 Å². The molecule has 1 atom stereocenters. The maximum atomic E-state index is 13.4. The monoisotopic (exact) mass is 454 g/mol. The first kappa shape index (κ1) is 26.6. The second-order valence-corrected chi connectivity index (χ2v) is 10.8. The minimum absolute atomic E-state index is 0.0784. The van der Waals surface area contributed by atoms with Crippen LogP contribution >= 0.6 is 0 Å². The van der Waals surface area contributed by atoms with E-state index < -0.39 is 11.6 Å². The zero-order valence-electron chi connectivity index (χ0n) is 21.2. The van der Waals surface area contributed by atoms with Gasteiger partial charge >= 0.3 is 0 Å². The lowest BCUT2D eigenvalue weighted by Gasteiger charge is -2.33. The Kier molecular flexibility index (Phi) is 8.82. The van der Waals surface area contributed by atoms with Gasteiger partial charge in [-0.3, -0.25) is 9.59 Å². The van der Waals surface area contributed by atoms with Crippen molar-refractivity contribution in [2.24, 2.45) is 0 Å². The van der Waals surface area contributed by atoms with Crippen LogP contribution in [0.3, 0.4) is 0 Å². The first-order chi connectivity index (χ1) is 15.3. The van der Waals surface area contributed by atoms with Gasteiger partial charge in [0.2, 0.25) is 11.8 Å². The summed E-state index contributed by atoms with van der Waals surface area (Å²) in [5, 5.41) is 3.00. The first-order valence-corrected chi connectivity index (χ1v) is 11.8. The van der Waals surface area contributed by atoms with Gasteiger partial charge in [-0.15, -0.1) is 0 Å². The number of halogens is 1. The SMILES string of the molecule is CCC(C(=O)NC(C)(C)C)N(Cc1ccc(F)cc1)C(=O)CCc1ccc(C(C)(C)C)cc1. The molecule has 0 fully saturated rings. The van der Waals surface area contributed by atoms with Crippen molar-refractivity contribution < 1.29 is 14.0 Å². The van der Waals surface area contributed by atoms with Crippen LogP contribution < -0.4 is 5.32 Å². The maximum Gasteiger partial charge on any atom is 0.243 e. The van der Waals surface area contributed by atoms with Crippen LogP contribution in [0.1, 0.15) is 78.0 Å². The zero-order valence-corrected chi connectivity index (χ0v) is 21.2. The van der Waals surface area contributed by atoms with E-state index in [-0.39, 0.29) is 29.6 Å². The van der Waals surface area contributed by atoms with Crippen LogP contribution in [0.15, 0.2) is 48.5 Å². The summed E-state index contributed by atoms with van der Waals surface area (Å²) >= 11 is 0. The fourth-order valence-corrected chi connectivity index (χ4v) is 3.73. The predicted octanol–water partition coefficient (Wildman–Crippen LogP) is 5.78. The average Bonchev–Trinajstić information content (AvgIpc) is 2.71. The standard InChI is InChI=1S/C28H39FN2O2/c1-8-24(26(33)30-28(5,6)7)31(19-21-11-16-23(29)17-12-21)25(32)18-13-20-9-14-22(15-10-20)27(2,3)4/h9-12,14-17,24H,8,13,18-19H2,1-7H3,(H,30,33). The van der Waals surface area contributed by atoms with E-state index >= 15 is 0 Å². The van der Waals surface area contributed by atoms with Crippen LogP contribution in [-0.2, 0) is 28.0 Å². The molecule has 5 heteroatoms. The van der Waals surface area contributed by atoms with Gasteiger partial charge in [0.15, 0.2) is 0 Å². The Bertz CT molecular complexity index is 922. The Hall–Kier alpha value is -2.69. The van der Waals surface area contributed by atoms with Crippen LogP contribution in [0, 0.1) is 5.82 Å². The Morgan fingerprint density at radius 3 is 1.94 bits per heavy atom. The molecule has 2 aromatic rings. The summed E-state index contributed by atoms with van der Waals surface area (Å²) < 4.78 is 13.4. The molecule has 2 rings (SSSR count). The van der Waals surface area contributed by atoms with Crippen molar-refractivity contribution in [1.82, 2.24) is 10.2 Å². The molecule has 33 heavy (non-hydrogen) atoms. The highest BCUT2D eigenvalue weighted by Crippen LogP contribution is 2.23. The van der Waals surface area contributed by atoms with Crippen molar-refractivity contribution in [3.8, 4) is 0 Å². The lowest BCUT2D eigenvalue weighted by Crippen LogP contribution is -2.53. The number of amides is 2. The second kappa shape index (κ2) is 11.0. The van der Waals surface area contributed by atoms with Crippen LogP contribution in [0.4, 0.5) is 4.39 Å². The number of nitrogens with zero attached hydrogens (tertiary/aromatic N) is 1. The molecule has 180 valence electrons. The molecule has 0 heterocycles. The minimum atomic E-state index is -0.593. The van der Waals surface area contributed by atoms with Crippen LogP contribution in [0.25, 0.3) is 0 Å². The molecule has 0 aliphatic heterocycles. The molecule has 0 aromatic heterocycles. The van der Waals surface area contributed by atoms with E-state index in [2.05, 4.69) is 50.4 Å².